The molecular formula is C28H28N4O2. The molecule has 34 heavy (non-hydrogen) atoms. The number of benzene rings is 4. The zero-order valence-corrected chi connectivity index (χ0v) is 19.4. The van der Waals surface area contributed by atoms with E-state index in [2.05, 4.69) is 10.6 Å². The Morgan fingerprint density at radius 3 is 1.44 bits per heavy atom. The highest BCUT2D eigenvalue weighted by Crippen LogP contribution is 2.26. The van der Waals surface area contributed by atoms with E-state index in [1.165, 1.54) is 0 Å². The Morgan fingerprint density at radius 1 is 0.618 bits per heavy atom. The summed E-state index contributed by atoms with van der Waals surface area (Å²) in [7, 11) is 0. The Bertz CT molecular complexity index is 1250. The van der Waals surface area contributed by atoms with Crippen molar-refractivity contribution < 1.29 is 9.59 Å². The molecule has 0 aromatic heterocycles. The molecule has 172 valence electrons. The number of anilines is 2. The molecule has 0 saturated carbocycles. The zero-order chi connectivity index (χ0) is 23.7. The first-order chi connectivity index (χ1) is 16.5. The van der Waals surface area contributed by atoms with Crippen LogP contribution in [0.25, 0.3) is 21.5 Å². The van der Waals surface area contributed by atoms with Crippen LogP contribution < -0.4 is 10.6 Å². The summed E-state index contributed by atoms with van der Waals surface area (Å²) in [4.78, 5) is 30.0. The van der Waals surface area contributed by atoms with Crippen molar-refractivity contribution >= 4 is 45.0 Å². The highest BCUT2D eigenvalue weighted by Gasteiger charge is 2.34. The molecule has 2 atom stereocenters. The van der Waals surface area contributed by atoms with Crippen LogP contribution in [-0.4, -0.2) is 47.0 Å². The van der Waals surface area contributed by atoms with Crippen molar-refractivity contribution in [2.24, 2.45) is 0 Å². The summed E-state index contributed by atoms with van der Waals surface area (Å²) in [6.07, 6.45) is 0. The highest BCUT2D eigenvalue weighted by atomic mass is 16.2. The van der Waals surface area contributed by atoms with Crippen LogP contribution in [0.15, 0.2) is 84.9 Å². The summed E-state index contributed by atoms with van der Waals surface area (Å²) in [5.74, 6) is 0. The van der Waals surface area contributed by atoms with Crippen LogP contribution in [0.5, 0.6) is 0 Å². The number of fused-ring (bicyclic) bond motifs is 2. The lowest BCUT2D eigenvalue weighted by atomic mass is 10.1. The van der Waals surface area contributed by atoms with Gasteiger partial charge >= 0.3 is 12.1 Å². The van der Waals surface area contributed by atoms with Gasteiger partial charge in [0, 0.05) is 35.9 Å². The Hall–Kier alpha value is -4.06. The lowest BCUT2D eigenvalue weighted by Gasteiger charge is -2.43. The number of carbonyl (C=O) groups excluding carboxylic acids is 2. The number of hydrogen-bond donors (Lipinski definition) is 2. The molecule has 2 unspecified atom stereocenters. The van der Waals surface area contributed by atoms with Gasteiger partial charge in [0.15, 0.2) is 0 Å². The third-order valence-electron chi connectivity index (χ3n) is 6.57. The molecule has 6 nitrogen and oxygen atoms in total. The standard InChI is InChI=1S/C28H28N4O2/c1-19-17-32(28(34)30-26-16-8-12-22-10-4-6-14-24(22)26)20(2)18-31(19)27(33)29-25-15-7-11-21-9-3-5-13-23(21)25/h3-16,19-20H,17-18H2,1-2H3,(H,29,33)(H,30,34). The van der Waals surface area contributed by atoms with E-state index in [1.807, 2.05) is 109 Å². The van der Waals surface area contributed by atoms with E-state index in [1.54, 1.807) is 0 Å². The minimum Gasteiger partial charge on any atom is -0.318 e. The summed E-state index contributed by atoms with van der Waals surface area (Å²) < 4.78 is 0. The number of amides is 4. The molecule has 0 aliphatic carbocycles. The molecule has 0 bridgehead atoms. The number of rotatable bonds is 2. The maximum atomic E-state index is 13.2. The van der Waals surface area contributed by atoms with Crippen LogP contribution in [-0.2, 0) is 0 Å². The van der Waals surface area contributed by atoms with Gasteiger partial charge in [0.25, 0.3) is 0 Å². The number of hydrogen-bond acceptors (Lipinski definition) is 2. The molecule has 1 heterocycles. The Morgan fingerprint density at radius 2 is 1.00 bits per heavy atom. The molecule has 5 rings (SSSR count). The Balaban J connectivity index is 1.28. The van der Waals surface area contributed by atoms with Gasteiger partial charge in [-0.15, -0.1) is 0 Å². The molecular weight excluding hydrogens is 424 g/mol. The third-order valence-corrected chi connectivity index (χ3v) is 6.57. The first kappa shape index (κ1) is 21.8. The second-order valence-corrected chi connectivity index (χ2v) is 8.92. The van der Waals surface area contributed by atoms with Crippen LogP contribution in [0.2, 0.25) is 0 Å². The smallest absolute Gasteiger partial charge is 0.318 e. The van der Waals surface area contributed by atoms with Gasteiger partial charge in [0.2, 0.25) is 0 Å². The number of carbonyl (C=O) groups is 2. The molecule has 0 radical (unpaired) electrons. The van der Waals surface area contributed by atoms with Crippen LogP contribution in [0.4, 0.5) is 21.0 Å². The summed E-state index contributed by atoms with van der Waals surface area (Å²) in [6.45, 7) is 4.88. The molecule has 1 aliphatic rings. The molecule has 4 amide bonds. The third kappa shape index (κ3) is 4.15. The van der Waals surface area contributed by atoms with Crippen molar-refractivity contribution in [3.63, 3.8) is 0 Å². The Labute approximate surface area is 199 Å². The normalized spacial score (nSPS) is 18.2. The molecule has 2 N–H and O–H groups in total. The van der Waals surface area contributed by atoms with Crippen LogP contribution >= 0.6 is 0 Å². The molecule has 6 heteroatoms. The predicted octanol–water partition coefficient (Wildman–Crippen LogP) is 6.15. The first-order valence-corrected chi connectivity index (χ1v) is 11.6. The van der Waals surface area contributed by atoms with Crippen molar-refractivity contribution in [1.29, 1.82) is 0 Å². The van der Waals surface area contributed by atoms with E-state index in [0.717, 1.165) is 32.9 Å². The average molecular weight is 453 g/mol. The monoisotopic (exact) mass is 452 g/mol. The van der Waals surface area contributed by atoms with Crippen LogP contribution in [0.3, 0.4) is 0 Å². The van der Waals surface area contributed by atoms with Crippen molar-refractivity contribution in [3.05, 3.63) is 84.9 Å². The van der Waals surface area contributed by atoms with E-state index in [-0.39, 0.29) is 24.1 Å². The van der Waals surface area contributed by atoms with Crippen LogP contribution in [0.1, 0.15) is 13.8 Å². The Kier molecular flexibility index (Phi) is 5.80. The van der Waals surface area contributed by atoms with Crippen molar-refractivity contribution in [3.8, 4) is 0 Å². The fourth-order valence-electron chi connectivity index (χ4n) is 4.74. The largest absolute Gasteiger partial charge is 0.322 e. The second-order valence-electron chi connectivity index (χ2n) is 8.92. The zero-order valence-electron chi connectivity index (χ0n) is 19.4. The van der Waals surface area contributed by atoms with Crippen molar-refractivity contribution in [2.75, 3.05) is 23.7 Å². The summed E-state index contributed by atoms with van der Waals surface area (Å²) in [5.41, 5.74) is 1.58. The summed E-state index contributed by atoms with van der Waals surface area (Å²) in [6, 6.07) is 27.2. The maximum absolute atomic E-state index is 13.2. The van der Waals surface area contributed by atoms with E-state index in [0.29, 0.717) is 13.1 Å². The molecule has 0 spiro atoms. The summed E-state index contributed by atoms with van der Waals surface area (Å²) >= 11 is 0. The topological polar surface area (TPSA) is 64.7 Å². The molecule has 4 aromatic carbocycles. The predicted molar refractivity (Wildman–Crippen MR) is 138 cm³/mol. The quantitative estimate of drug-likeness (QED) is 0.383. The molecule has 1 aliphatic heterocycles. The van der Waals surface area contributed by atoms with Gasteiger partial charge in [0.1, 0.15) is 0 Å². The fraction of sp³-hybridized carbons (Fsp3) is 0.214. The molecule has 4 aromatic rings. The number of urea groups is 2. The van der Waals surface area contributed by atoms with Gasteiger partial charge in [-0.3, -0.25) is 0 Å². The molecule has 1 fully saturated rings. The lowest BCUT2D eigenvalue weighted by molar-refractivity contribution is 0.0917. The minimum absolute atomic E-state index is 0.121. The fourth-order valence-corrected chi connectivity index (χ4v) is 4.74. The van der Waals surface area contributed by atoms with Crippen molar-refractivity contribution in [1.82, 2.24) is 9.80 Å². The van der Waals surface area contributed by atoms with E-state index in [4.69, 9.17) is 0 Å². The number of nitrogens with zero attached hydrogens (tertiary/aromatic N) is 2. The van der Waals surface area contributed by atoms with Gasteiger partial charge in [-0.1, -0.05) is 72.8 Å². The van der Waals surface area contributed by atoms with E-state index in [9.17, 15) is 9.59 Å². The van der Waals surface area contributed by atoms with Gasteiger partial charge in [-0.25, -0.2) is 9.59 Å². The lowest BCUT2D eigenvalue weighted by Crippen LogP contribution is -2.61. The van der Waals surface area contributed by atoms with Gasteiger partial charge < -0.3 is 20.4 Å². The first-order valence-electron chi connectivity index (χ1n) is 11.6. The second kappa shape index (κ2) is 9.06. The minimum atomic E-state index is -0.148. The molecule has 1 saturated heterocycles. The SMILES string of the molecule is CC1CN(C(=O)Nc2cccc3ccccc23)C(C)CN1C(=O)Nc1cccc2ccccc12. The van der Waals surface area contributed by atoms with Crippen molar-refractivity contribution in [2.45, 2.75) is 25.9 Å². The summed E-state index contributed by atoms with van der Waals surface area (Å²) in [5, 5.41) is 10.3. The van der Waals surface area contributed by atoms with Gasteiger partial charge in [0.05, 0.1) is 11.4 Å². The maximum Gasteiger partial charge on any atom is 0.322 e. The highest BCUT2D eigenvalue weighted by molar-refractivity contribution is 6.03. The van der Waals surface area contributed by atoms with Gasteiger partial charge in [-0.05, 0) is 36.8 Å². The van der Waals surface area contributed by atoms with Gasteiger partial charge in [-0.2, -0.15) is 0 Å². The van der Waals surface area contributed by atoms with E-state index >= 15 is 0 Å². The number of piperazine rings is 1. The van der Waals surface area contributed by atoms with E-state index < -0.39 is 0 Å². The van der Waals surface area contributed by atoms with Crippen LogP contribution in [0, 0.1) is 0 Å². The number of nitrogens with one attached hydrogen (secondary N) is 2. The average Bonchev–Trinajstić information content (AvgIpc) is 2.85.